The third kappa shape index (κ3) is 3.99. The lowest BCUT2D eigenvalue weighted by molar-refractivity contribution is -0.136. The number of ether oxygens (including phenoxy) is 1. The molecule has 0 aromatic heterocycles. The molecule has 0 aliphatic carbocycles. The topological polar surface area (TPSA) is 58.6 Å². The molecule has 118 valence electrons. The van der Waals surface area contributed by atoms with E-state index < -0.39 is 17.7 Å². The van der Waals surface area contributed by atoms with E-state index in [9.17, 15) is 9.59 Å². The van der Waals surface area contributed by atoms with Crippen molar-refractivity contribution in [2.24, 2.45) is 0 Å². The molecule has 2 rings (SSSR count). The lowest BCUT2D eigenvalue weighted by atomic mass is 10.0. The second-order valence-electron chi connectivity index (χ2n) is 6.97. The van der Waals surface area contributed by atoms with E-state index in [0.717, 1.165) is 19.3 Å². The predicted molar refractivity (Wildman–Crippen MR) is 80.9 cm³/mol. The molecule has 0 radical (unpaired) electrons. The molecular formula is C16H26N2O3. The van der Waals surface area contributed by atoms with Gasteiger partial charge in [-0.05, 0) is 53.4 Å². The molecule has 1 N–H and O–H groups in total. The predicted octanol–water partition coefficient (Wildman–Crippen LogP) is 2.61. The van der Waals surface area contributed by atoms with E-state index in [1.165, 1.54) is 0 Å². The Morgan fingerprint density at radius 1 is 1.29 bits per heavy atom. The number of nitrogens with zero attached hydrogens (tertiary/aromatic N) is 1. The van der Waals surface area contributed by atoms with Gasteiger partial charge in [-0.15, -0.1) is 0 Å². The highest BCUT2D eigenvalue weighted by Gasteiger charge is 2.38. The number of rotatable bonds is 1. The molecule has 2 aliphatic heterocycles. The van der Waals surface area contributed by atoms with Crippen molar-refractivity contribution in [2.45, 2.75) is 77.1 Å². The zero-order chi connectivity index (χ0) is 15.6. The van der Waals surface area contributed by atoms with Gasteiger partial charge in [0.05, 0.1) is 0 Å². The molecule has 5 nitrogen and oxygen atoms in total. The second kappa shape index (κ2) is 6.08. The first-order valence-corrected chi connectivity index (χ1v) is 7.74. The summed E-state index contributed by atoms with van der Waals surface area (Å²) in [6.45, 7) is 7.51. The van der Waals surface area contributed by atoms with Crippen LogP contribution in [-0.2, 0) is 9.53 Å². The molecule has 5 heteroatoms. The van der Waals surface area contributed by atoms with Crippen LogP contribution < -0.4 is 5.32 Å². The summed E-state index contributed by atoms with van der Waals surface area (Å²) in [5.41, 5.74) is -0.561. The molecule has 1 fully saturated rings. The normalized spacial score (nSPS) is 31.1. The molecule has 3 atom stereocenters. The van der Waals surface area contributed by atoms with Crippen LogP contribution in [0.4, 0.5) is 4.79 Å². The Hall–Kier alpha value is -1.52. The third-order valence-corrected chi connectivity index (χ3v) is 3.98. The first kappa shape index (κ1) is 15.9. The van der Waals surface area contributed by atoms with Crippen LogP contribution >= 0.6 is 0 Å². The molecule has 0 aromatic carbocycles. The number of carbonyl (C=O) groups excluding carboxylic acids is 2. The van der Waals surface area contributed by atoms with E-state index in [-0.39, 0.29) is 18.0 Å². The monoisotopic (exact) mass is 294 g/mol. The smallest absolute Gasteiger partial charge is 0.408 e. The fourth-order valence-electron chi connectivity index (χ4n) is 3.04. The van der Waals surface area contributed by atoms with Crippen LogP contribution in [0, 0.1) is 0 Å². The van der Waals surface area contributed by atoms with Crippen LogP contribution in [0.1, 0.15) is 53.4 Å². The van der Waals surface area contributed by atoms with Crippen molar-refractivity contribution in [3.63, 3.8) is 0 Å². The van der Waals surface area contributed by atoms with Crippen molar-refractivity contribution in [1.29, 1.82) is 0 Å². The van der Waals surface area contributed by atoms with E-state index in [0.29, 0.717) is 6.42 Å². The summed E-state index contributed by atoms with van der Waals surface area (Å²) in [6.07, 6.45) is 7.08. The van der Waals surface area contributed by atoms with Gasteiger partial charge in [-0.2, -0.15) is 0 Å². The van der Waals surface area contributed by atoms with Gasteiger partial charge in [0.2, 0.25) is 5.91 Å². The van der Waals surface area contributed by atoms with Gasteiger partial charge in [0.25, 0.3) is 0 Å². The van der Waals surface area contributed by atoms with Crippen molar-refractivity contribution < 1.29 is 14.3 Å². The quantitative estimate of drug-likeness (QED) is 0.756. The van der Waals surface area contributed by atoms with Crippen molar-refractivity contribution in [3.8, 4) is 0 Å². The molecule has 0 spiro atoms. The highest BCUT2D eigenvalue weighted by atomic mass is 16.6. The molecule has 1 saturated heterocycles. The van der Waals surface area contributed by atoms with Crippen molar-refractivity contribution >= 4 is 12.0 Å². The van der Waals surface area contributed by atoms with Crippen LogP contribution in [0.15, 0.2) is 12.2 Å². The Morgan fingerprint density at radius 3 is 2.62 bits per heavy atom. The summed E-state index contributed by atoms with van der Waals surface area (Å²) >= 11 is 0. The second-order valence-corrected chi connectivity index (χ2v) is 6.97. The molecule has 0 unspecified atom stereocenters. The number of nitrogens with one attached hydrogen (secondary N) is 1. The SMILES string of the molecule is C[C@@H]1CC[C@@H]2C/C=C\C[C@H](NC(=O)OC(C)(C)C)C(=O)N21. The Morgan fingerprint density at radius 2 is 1.95 bits per heavy atom. The zero-order valence-electron chi connectivity index (χ0n) is 13.4. The molecular weight excluding hydrogens is 268 g/mol. The number of amides is 2. The lowest BCUT2D eigenvalue weighted by Gasteiger charge is -2.33. The van der Waals surface area contributed by atoms with Crippen molar-refractivity contribution in [2.75, 3.05) is 0 Å². The average Bonchev–Trinajstić information content (AvgIpc) is 2.69. The largest absolute Gasteiger partial charge is 0.444 e. The first-order chi connectivity index (χ1) is 9.78. The van der Waals surface area contributed by atoms with Gasteiger partial charge < -0.3 is 15.0 Å². The third-order valence-electron chi connectivity index (χ3n) is 3.98. The van der Waals surface area contributed by atoms with E-state index >= 15 is 0 Å². The lowest BCUT2D eigenvalue weighted by Crippen LogP contribution is -2.53. The Bertz CT molecular complexity index is 439. The maximum atomic E-state index is 12.7. The van der Waals surface area contributed by atoms with Gasteiger partial charge >= 0.3 is 6.09 Å². The van der Waals surface area contributed by atoms with Crippen LogP contribution in [0.3, 0.4) is 0 Å². The minimum absolute atomic E-state index is 0.0141. The summed E-state index contributed by atoms with van der Waals surface area (Å²) < 4.78 is 5.25. The van der Waals surface area contributed by atoms with Crippen molar-refractivity contribution in [1.82, 2.24) is 10.2 Å². The minimum atomic E-state index is -0.561. The Labute approximate surface area is 126 Å². The minimum Gasteiger partial charge on any atom is -0.444 e. The average molecular weight is 294 g/mol. The highest BCUT2D eigenvalue weighted by molar-refractivity contribution is 5.86. The molecule has 2 heterocycles. The summed E-state index contributed by atoms with van der Waals surface area (Å²) in [7, 11) is 0. The summed E-state index contributed by atoms with van der Waals surface area (Å²) in [4.78, 5) is 26.6. The van der Waals surface area contributed by atoms with E-state index in [4.69, 9.17) is 4.74 Å². The van der Waals surface area contributed by atoms with Crippen LogP contribution in [0.5, 0.6) is 0 Å². The molecule has 0 saturated carbocycles. The van der Waals surface area contributed by atoms with Crippen LogP contribution in [-0.4, -0.2) is 40.6 Å². The molecule has 0 aromatic rings. The zero-order valence-corrected chi connectivity index (χ0v) is 13.4. The molecule has 0 bridgehead atoms. The number of carbonyl (C=O) groups is 2. The molecule has 2 aliphatic rings. The fraction of sp³-hybridized carbons (Fsp3) is 0.750. The van der Waals surface area contributed by atoms with E-state index in [1.807, 2.05) is 31.7 Å². The summed E-state index contributed by atoms with van der Waals surface area (Å²) in [5, 5.41) is 2.72. The van der Waals surface area contributed by atoms with Gasteiger partial charge in [0, 0.05) is 12.1 Å². The maximum Gasteiger partial charge on any atom is 0.408 e. The Balaban J connectivity index is 2.07. The van der Waals surface area contributed by atoms with Gasteiger partial charge in [0.15, 0.2) is 0 Å². The van der Waals surface area contributed by atoms with Crippen LogP contribution in [0.25, 0.3) is 0 Å². The standard InChI is InChI=1S/C16H26N2O3/c1-11-9-10-12-7-5-6-8-13(14(19)18(11)12)17-15(20)21-16(2,3)4/h5-6,11-13H,7-10H2,1-4H3,(H,17,20)/b6-5-/t11-,12+,13+/m1/s1. The highest BCUT2D eigenvalue weighted by Crippen LogP contribution is 2.29. The van der Waals surface area contributed by atoms with E-state index in [1.54, 1.807) is 0 Å². The molecule has 21 heavy (non-hydrogen) atoms. The number of hydrogen-bond acceptors (Lipinski definition) is 3. The molecule has 2 amide bonds. The summed E-state index contributed by atoms with van der Waals surface area (Å²) in [6, 6.07) is -0.0108. The Kier molecular flexibility index (Phi) is 4.59. The van der Waals surface area contributed by atoms with Gasteiger partial charge in [-0.3, -0.25) is 4.79 Å². The maximum absolute atomic E-state index is 12.7. The van der Waals surface area contributed by atoms with E-state index in [2.05, 4.69) is 18.3 Å². The van der Waals surface area contributed by atoms with Gasteiger partial charge in [-0.25, -0.2) is 4.79 Å². The number of hydrogen-bond donors (Lipinski definition) is 1. The number of alkyl carbamates (subject to hydrolysis) is 1. The van der Waals surface area contributed by atoms with Gasteiger partial charge in [0.1, 0.15) is 11.6 Å². The van der Waals surface area contributed by atoms with Crippen LogP contribution in [0.2, 0.25) is 0 Å². The first-order valence-electron chi connectivity index (χ1n) is 7.74. The van der Waals surface area contributed by atoms with Gasteiger partial charge in [-0.1, -0.05) is 12.2 Å². The number of fused-ring (bicyclic) bond motifs is 1. The summed E-state index contributed by atoms with van der Waals surface area (Å²) in [5.74, 6) is 0.0141. The fourth-order valence-corrected chi connectivity index (χ4v) is 3.04. The van der Waals surface area contributed by atoms with Crippen molar-refractivity contribution in [3.05, 3.63) is 12.2 Å².